The van der Waals surface area contributed by atoms with E-state index in [1.807, 2.05) is 6.92 Å². The van der Waals surface area contributed by atoms with Crippen molar-refractivity contribution in [2.45, 2.75) is 13.3 Å². The predicted molar refractivity (Wildman–Crippen MR) is 33.5 cm³/mol. The van der Waals surface area contributed by atoms with E-state index < -0.39 is 0 Å². The Labute approximate surface area is 48.7 Å². The molecular weight excluding hydrogens is 108 g/mol. The predicted octanol–water partition coefficient (Wildman–Crippen LogP) is 1.21. The van der Waals surface area contributed by atoms with E-state index in [4.69, 9.17) is 0 Å². The average molecular weight is 116 g/mol. The average Bonchev–Trinajstić information content (AvgIpc) is 1.68. The highest BCUT2D eigenvalue weighted by atomic mass is 32.1. The van der Waals surface area contributed by atoms with Crippen LogP contribution in [0.25, 0.3) is 0 Å². The van der Waals surface area contributed by atoms with Crippen LogP contribution in [0.15, 0.2) is 0 Å². The highest BCUT2D eigenvalue weighted by Gasteiger charge is 1.90. The largest absolute Gasteiger partial charge is 0.303 e. The van der Waals surface area contributed by atoms with E-state index in [-0.39, 0.29) is 5.92 Å². The Morgan fingerprint density at radius 3 is 2.57 bits per heavy atom. The third kappa shape index (κ3) is 3.59. The molecule has 0 aliphatic heterocycles. The minimum absolute atomic E-state index is 0.271. The summed E-state index contributed by atoms with van der Waals surface area (Å²) in [7, 11) is 0. The molecule has 7 heavy (non-hydrogen) atoms. The Morgan fingerprint density at radius 2 is 2.43 bits per heavy atom. The second-order valence-electron chi connectivity index (χ2n) is 1.52. The van der Waals surface area contributed by atoms with Crippen LogP contribution in [0.3, 0.4) is 0 Å². The lowest BCUT2D eigenvalue weighted by atomic mass is 10.2. The number of carbonyl (C=O) groups excluding carboxylic acids is 1. The van der Waals surface area contributed by atoms with Gasteiger partial charge in [-0.2, -0.15) is 0 Å². The molecule has 0 fully saturated rings. The maximum atomic E-state index is 9.71. The molecule has 0 aromatic heterocycles. The third-order valence-corrected chi connectivity index (χ3v) is 1.16. The molecule has 0 aromatic rings. The molecule has 0 rings (SSSR count). The van der Waals surface area contributed by atoms with E-state index in [1.165, 1.54) is 0 Å². The van der Waals surface area contributed by atoms with Crippen LogP contribution in [0.5, 0.6) is 0 Å². The van der Waals surface area contributed by atoms with Gasteiger partial charge in [-0.3, -0.25) is 0 Å². The molecule has 0 saturated heterocycles. The normalized spacial score (nSPS) is 12.7. The Hall–Kier alpha value is -0.240. The first-order valence-corrected chi connectivity index (χ1v) is 2.67. The zero-order valence-corrected chi connectivity index (χ0v) is 5.07. The lowest BCUT2D eigenvalue weighted by Gasteiger charge is -1.91. The zero-order valence-electron chi connectivity index (χ0n) is 4.26. The number of rotatable bonds is 3. The smallest absolute Gasteiger partial charge is 0.120 e. The molecule has 0 bridgehead atoms. The molecule has 0 amide bonds. The maximum absolute atomic E-state index is 9.71. The van der Waals surface area contributed by atoms with Gasteiger partial charge in [-0.1, -0.05) is 19.1 Å². The Morgan fingerprint density at radius 1 is 1.86 bits per heavy atom. The summed E-state index contributed by atoms with van der Waals surface area (Å²) in [5.41, 5.74) is 0. The fourth-order valence-electron chi connectivity index (χ4n) is 0.207. The molecule has 0 saturated carbocycles. The molecular formula is C5H8OS. The minimum Gasteiger partial charge on any atom is -0.303 e. The molecule has 1 nitrogen and oxygen atoms in total. The lowest BCUT2D eigenvalue weighted by Crippen LogP contribution is -1.92. The molecule has 0 aliphatic carbocycles. The van der Waals surface area contributed by atoms with Gasteiger partial charge in [0, 0.05) is 6.42 Å². The highest BCUT2D eigenvalue weighted by Crippen LogP contribution is 1.92. The van der Waals surface area contributed by atoms with Crippen molar-refractivity contribution in [3.05, 3.63) is 0 Å². The highest BCUT2D eigenvalue weighted by molar-refractivity contribution is 7.79. The summed E-state index contributed by atoms with van der Waals surface area (Å²) >= 11 is 4.56. The summed E-state index contributed by atoms with van der Waals surface area (Å²) in [5.74, 6) is 0.271. The second kappa shape index (κ2) is 3.93. The Balaban J connectivity index is 3.15. The van der Waals surface area contributed by atoms with Crippen molar-refractivity contribution in [2.75, 3.05) is 0 Å². The van der Waals surface area contributed by atoms with Crippen molar-refractivity contribution >= 4 is 23.9 Å². The van der Waals surface area contributed by atoms with Gasteiger partial charge in [0.15, 0.2) is 0 Å². The first kappa shape index (κ1) is 6.76. The molecule has 0 N–H and O–H groups in total. The minimum atomic E-state index is 0.271. The van der Waals surface area contributed by atoms with Crippen LogP contribution < -0.4 is 0 Å². The van der Waals surface area contributed by atoms with E-state index in [9.17, 15) is 4.79 Å². The monoisotopic (exact) mass is 116 g/mol. The van der Waals surface area contributed by atoms with E-state index in [2.05, 4.69) is 12.2 Å². The number of hydrogen-bond donors (Lipinski definition) is 0. The van der Waals surface area contributed by atoms with E-state index >= 15 is 0 Å². The standard InChI is InChI=1S/C5H8OS/c1-5(4-7)2-3-6/h3-5H,2H2,1H3. The first-order valence-electron chi connectivity index (χ1n) is 2.20. The van der Waals surface area contributed by atoms with Crippen LogP contribution in [-0.4, -0.2) is 11.7 Å². The summed E-state index contributed by atoms with van der Waals surface area (Å²) in [6, 6.07) is 0. The maximum Gasteiger partial charge on any atom is 0.120 e. The summed E-state index contributed by atoms with van der Waals surface area (Å²) in [6.07, 6.45) is 1.44. The summed E-state index contributed by atoms with van der Waals surface area (Å²) in [5, 5.41) is 1.61. The molecule has 0 radical (unpaired) electrons. The van der Waals surface area contributed by atoms with Crippen LogP contribution in [0.1, 0.15) is 13.3 Å². The second-order valence-corrected chi connectivity index (χ2v) is 1.79. The number of thiocarbonyl (C=S) groups is 1. The molecule has 2 heteroatoms. The van der Waals surface area contributed by atoms with Crippen molar-refractivity contribution < 1.29 is 4.79 Å². The van der Waals surface area contributed by atoms with Crippen LogP contribution in [0, 0.1) is 5.92 Å². The number of aldehydes is 1. The molecule has 0 aliphatic rings. The van der Waals surface area contributed by atoms with Crippen molar-refractivity contribution in [3.8, 4) is 0 Å². The molecule has 40 valence electrons. The molecule has 0 aromatic carbocycles. The van der Waals surface area contributed by atoms with Gasteiger partial charge in [-0.15, -0.1) is 0 Å². The van der Waals surface area contributed by atoms with Gasteiger partial charge in [-0.05, 0) is 11.3 Å². The lowest BCUT2D eigenvalue weighted by molar-refractivity contribution is -0.108. The fourth-order valence-corrected chi connectivity index (χ4v) is 0.318. The Kier molecular flexibility index (Phi) is 3.80. The molecule has 0 spiro atoms. The van der Waals surface area contributed by atoms with Crippen LogP contribution in [0.4, 0.5) is 0 Å². The Bertz CT molecular complexity index is 70.5. The quantitative estimate of drug-likeness (QED) is 0.407. The van der Waals surface area contributed by atoms with Crippen molar-refractivity contribution in [2.24, 2.45) is 5.92 Å². The molecule has 1 unspecified atom stereocenters. The number of hydrogen-bond acceptors (Lipinski definition) is 2. The zero-order chi connectivity index (χ0) is 5.70. The molecule has 1 atom stereocenters. The third-order valence-electron chi connectivity index (χ3n) is 0.700. The van der Waals surface area contributed by atoms with Gasteiger partial charge < -0.3 is 4.79 Å². The van der Waals surface area contributed by atoms with E-state index in [0.717, 1.165) is 6.29 Å². The summed E-state index contributed by atoms with van der Waals surface area (Å²) in [6.45, 7) is 1.92. The van der Waals surface area contributed by atoms with Gasteiger partial charge in [-0.25, -0.2) is 0 Å². The van der Waals surface area contributed by atoms with Gasteiger partial charge >= 0.3 is 0 Å². The van der Waals surface area contributed by atoms with Crippen LogP contribution >= 0.6 is 12.2 Å². The fraction of sp³-hybridized carbons (Fsp3) is 0.600. The van der Waals surface area contributed by atoms with Crippen LogP contribution in [-0.2, 0) is 4.79 Å². The van der Waals surface area contributed by atoms with Crippen molar-refractivity contribution in [3.63, 3.8) is 0 Å². The first-order chi connectivity index (χ1) is 3.31. The summed E-state index contributed by atoms with van der Waals surface area (Å²) < 4.78 is 0. The number of carbonyl (C=O) groups is 1. The van der Waals surface area contributed by atoms with E-state index in [0.29, 0.717) is 6.42 Å². The molecule has 0 heterocycles. The summed E-state index contributed by atoms with van der Waals surface area (Å²) in [4.78, 5) is 9.71. The van der Waals surface area contributed by atoms with Gasteiger partial charge in [0.2, 0.25) is 0 Å². The van der Waals surface area contributed by atoms with E-state index in [1.54, 1.807) is 5.37 Å². The van der Waals surface area contributed by atoms with Crippen molar-refractivity contribution in [1.29, 1.82) is 0 Å². The SMILES string of the molecule is CC(C=S)CC=O. The van der Waals surface area contributed by atoms with Gasteiger partial charge in [0.25, 0.3) is 0 Å². The van der Waals surface area contributed by atoms with Crippen LogP contribution in [0.2, 0.25) is 0 Å². The van der Waals surface area contributed by atoms with Crippen molar-refractivity contribution in [1.82, 2.24) is 0 Å². The van der Waals surface area contributed by atoms with Gasteiger partial charge in [0.05, 0.1) is 0 Å². The van der Waals surface area contributed by atoms with Gasteiger partial charge in [0.1, 0.15) is 6.29 Å². The topological polar surface area (TPSA) is 17.1 Å².